The number of aromatic amines is 1. The molecular weight excluding hydrogens is 342 g/mol. The third-order valence-electron chi connectivity index (χ3n) is 4.35. The maximum atomic E-state index is 12.5. The molecule has 5 rings (SSSR count). The molecule has 0 saturated heterocycles. The number of aromatic nitrogens is 6. The molecule has 0 fully saturated rings. The maximum Gasteiger partial charge on any atom is 0.332 e. The summed E-state index contributed by atoms with van der Waals surface area (Å²) in [6.45, 7) is 0. The zero-order valence-electron chi connectivity index (χ0n) is 13.9. The maximum absolute atomic E-state index is 12.5. The SMILES string of the molecule is N#Cc1ccccc1-n1c(=O)[nH]c2cnc(-n3cnc4ccccc43)nc21. The molecule has 0 bridgehead atoms. The summed E-state index contributed by atoms with van der Waals surface area (Å²) in [5.74, 6) is 0.387. The summed E-state index contributed by atoms with van der Waals surface area (Å²) in [6, 6.07) is 16.6. The number of H-pyrrole nitrogens is 1. The first kappa shape index (κ1) is 15.0. The van der Waals surface area contributed by atoms with Gasteiger partial charge >= 0.3 is 5.69 Å². The number of nitrogens with one attached hydrogen (secondary N) is 1. The van der Waals surface area contributed by atoms with Gasteiger partial charge in [-0.3, -0.25) is 4.57 Å². The molecule has 0 amide bonds. The fourth-order valence-corrected chi connectivity index (χ4v) is 3.11. The Bertz CT molecular complexity index is 1420. The van der Waals surface area contributed by atoms with E-state index in [1.807, 2.05) is 24.3 Å². The first-order chi connectivity index (χ1) is 13.3. The van der Waals surface area contributed by atoms with Gasteiger partial charge in [0.05, 0.1) is 28.5 Å². The van der Waals surface area contributed by atoms with Crippen molar-refractivity contribution < 1.29 is 0 Å². The Balaban J connectivity index is 1.80. The van der Waals surface area contributed by atoms with Crippen molar-refractivity contribution in [1.29, 1.82) is 5.26 Å². The summed E-state index contributed by atoms with van der Waals surface area (Å²) in [5.41, 5.74) is 3.03. The molecule has 5 aromatic rings. The first-order valence-corrected chi connectivity index (χ1v) is 8.16. The zero-order chi connectivity index (χ0) is 18.4. The van der Waals surface area contributed by atoms with Crippen LogP contribution in [0, 0.1) is 11.3 Å². The summed E-state index contributed by atoms with van der Waals surface area (Å²) in [6.07, 6.45) is 3.20. The molecule has 0 atom stereocenters. The molecule has 0 radical (unpaired) electrons. The molecule has 8 nitrogen and oxygen atoms in total. The minimum Gasteiger partial charge on any atom is -0.303 e. The van der Waals surface area contributed by atoms with Crippen LogP contribution in [-0.4, -0.2) is 29.1 Å². The molecule has 8 heteroatoms. The number of imidazole rings is 2. The number of rotatable bonds is 2. The van der Waals surface area contributed by atoms with E-state index in [1.165, 1.54) is 4.57 Å². The second-order valence-corrected chi connectivity index (χ2v) is 5.91. The summed E-state index contributed by atoms with van der Waals surface area (Å²) < 4.78 is 3.14. The van der Waals surface area contributed by atoms with Gasteiger partial charge in [0.1, 0.15) is 17.9 Å². The van der Waals surface area contributed by atoms with Crippen LogP contribution >= 0.6 is 0 Å². The number of hydrogen-bond donors (Lipinski definition) is 1. The van der Waals surface area contributed by atoms with Crippen molar-refractivity contribution >= 4 is 22.2 Å². The molecule has 0 aliphatic rings. The van der Waals surface area contributed by atoms with Crippen LogP contribution in [0.15, 0.2) is 65.8 Å². The van der Waals surface area contributed by atoms with Gasteiger partial charge in [0.2, 0.25) is 5.95 Å². The molecule has 0 unspecified atom stereocenters. The van der Waals surface area contributed by atoms with Crippen LogP contribution < -0.4 is 5.69 Å². The van der Waals surface area contributed by atoms with Crippen molar-refractivity contribution in [2.75, 3.05) is 0 Å². The fraction of sp³-hybridized carbons (Fsp3) is 0. The van der Waals surface area contributed by atoms with E-state index in [2.05, 4.69) is 26.0 Å². The van der Waals surface area contributed by atoms with E-state index >= 15 is 0 Å². The van der Waals surface area contributed by atoms with Gasteiger partial charge in [-0.15, -0.1) is 0 Å². The molecule has 0 saturated carbocycles. The van der Waals surface area contributed by atoms with Gasteiger partial charge in [-0.05, 0) is 24.3 Å². The number of hydrogen-bond acceptors (Lipinski definition) is 5. The van der Waals surface area contributed by atoms with Crippen LogP contribution in [0.1, 0.15) is 5.56 Å². The van der Waals surface area contributed by atoms with Gasteiger partial charge in [0.15, 0.2) is 5.65 Å². The third-order valence-corrected chi connectivity index (χ3v) is 4.35. The van der Waals surface area contributed by atoms with E-state index < -0.39 is 0 Å². The predicted molar refractivity (Wildman–Crippen MR) is 98.8 cm³/mol. The molecule has 0 aliphatic carbocycles. The van der Waals surface area contributed by atoms with Crippen LogP contribution in [0.5, 0.6) is 0 Å². The van der Waals surface area contributed by atoms with Gasteiger partial charge in [-0.2, -0.15) is 10.2 Å². The smallest absolute Gasteiger partial charge is 0.303 e. The Morgan fingerprint density at radius 2 is 1.85 bits per heavy atom. The normalized spacial score (nSPS) is 11.1. The summed E-state index contributed by atoms with van der Waals surface area (Å²) in [5, 5.41) is 9.38. The van der Waals surface area contributed by atoms with E-state index in [9.17, 15) is 10.1 Å². The zero-order valence-corrected chi connectivity index (χ0v) is 13.9. The highest BCUT2D eigenvalue weighted by atomic mass is 16.1. The van der Waals surface area contributed by atoms with E-state index in [0.717, 1.165) is 11.0 Å². The van der Waals surface area contributed by atoms with Gasteiger partial charge < -0.3 is 4.98 Å². The minimum atomic E-state index is -0.380. The predicted octanol–water partition coefficient (Wildman–Crippen LogP) is 2.32. The van der Waals surface area contributed by atoms with Gasteiger partial charge in [0.25, 0.3) is 0 Å². The van der Waals surface area contributed by atoms with Crippen molar-refractivity contribution in [3.05, 3.63) is 77.1 Å². The lowest BCUT2D eigenvalue weighted by Gasteiger charge is -2.06. The monoisotopic (exact) mass is 353 g/mol. The Morgan fingerprint density at radius 1 is 1.04 bits per heavy atom. The second kappa shape index (κ2) is 5.64. The molecule has 128 valence electrons. The largest absolute Gasteiger partial charge is 0.332 e. The lowest BCUT2D eigenvalue weighted by Crippen LogP contribution is -2.16. The van der Waals surface area contributed by atoms with Crippen LogP contribution in [-0.2, 0) is 0 Å². The van der Waals surface area contributed by atoms with Gasteiger partial charge in [-0.25, -0.2) is 19.3 Å². The number of fused-ring (bicyclic) bond motifs is 2. The van der Waals surface area contributed by atoms with Crippen LogP contribution in [0.2, 0.25) is 0 Å². The Kier molecular flexibility index (Phi) is 3.14. The highest BCUT2D eigenvalue weighted by Crippen LogP contribution is 2.19. The lowest BCUT2D eigenvalue weighted by atomic mass is 10.2. The van der Waals surface area contributed by atoms with Gasteiger partial charge in [0, 0.05) is 0 Å². The number of nitriles is 1. The molecule has 2 aromatic carbocycles. The average Bonchev–Trinajstić information content (AvgIpc) is 3.27. The molecular formula is C19H11N7O. The minimum absolute atomic E-state index is 0.380. The lowest BCUT2D eigenvalue weighted by molar-refractivity contribution is 0.941. The van der Waals surface area contributed by atoms with Crippen molar-refractivity contribution in [3.8, 4) is 17.7 Å². The van der Waals surface area contributed by atoms with Crippen LogP contribution in [0.3, 0.4) is 0 Å². The quantitative estimate of drug-likeness (QED) is 0.524. The highest BCUT2D eigenvalue weighted by molar-refractivity contribution is 5.78. The number of para-hydroxylation sites is 3. The first-order valence-electron chi connectivity index (χ1n) is 8.16. The number of nitrogens with zero attached hydrogens (tertiary/aromatic N) is 6. The summed E-state index contributed by atoms with van der Waals surface area (Å²) in [4.78, 5) is 28.5. The second-order valence-electron chi connectivity index (χ2n) is 5.91. The molecule has 0 spiro atoms. The Morgan fingerprint density at radius 3 is 2.74 bits per heavy atom. The van der Waals surface area contributed by atoms with Gasteiger partial charge in [-0.1, -0.05) is 24.3 Å². The molecule has 27 heavy (non-hydrogen) atoms. The molecule has 3 aromatic heterocycles. The topological polar surface area (TPSA) is 105 Å². The molecule has 0 aliphatic heterocycles. The van der Waals surface area contributed by atoms with E-state index in [-0.39, 0.29) is 5.69 Å². The highest BCUT2D eigenvalue weighted by Gasteiger charge is 2.15. The van der Waals surface area contributed by atoms with Crippen molar-refractivity contribution in [3.63, 3.8) is 0 Å². The Labute approximate surface area is 152 Å². The van der Waals surface area contributed by atoms with Crippen LogP contribution in [0.4, 0.5) is 0 Å². The summed E-state index contributed by atoms with van der Waals surface area (Å²) >= 11 is 0. The fourth-order valence-electron chi connectivity index (χ4n) is 3.11. The summed E-state index contributed by atoms with van der Waals surface area (Å²) in [7, 11) is 0. The van der Waals surface area contributed by atoms with Crippen LogP contribution in [0.25, 0.3) is 33.8 Å². The average molecular weight is 353 g/mol. The van der Waals surface area contributed by atoms with Crippen molar-refractivity contribution in [2.45, 2.75) is 0 Å². The van der Waals surface area contributed by atoms with E-state index in [0.29, 0.717) is 28.4 Å². The molecule has 1 N–H and O–H groups in total. The number of benzene rings is 2. The standard InChI is InChI=1S/C19H11N7O/c20-9-12-5-1-3-7-15(12)26-17-14(23-19(26)27)10-21-18(24-17)25-11-22-13-6-2-4-8-16(13)25/h1-8,10-11H,(H,23,27). The Hall–Kier alpha value is -4.25. The molecule has 3 heterocycles. The van der Waals surface area contributed by atoms with E-state index in [1.54, 1.807) is 41.4 Å². The van der Waals surface area contributed by atoms with Crippen molar-refractivity contribution in [2.24, 2.45) is 0 Å². The third kappa shape index (κ3) is 2.22. The van der Waals surface area contributed by atoms with E-state index in [4.69, 9.17) is 0 Å². The van der Waals surface area contributed by atoms with Crippen molar-refractivity contribution in [1.82, 2.24) is 29.1 Å².